The van der Waals surface area contributed by atoms with Crippen LogP contribution >= 0.6 is 11.6 Å². The number of carbonyl (C=O) groups is 1. The number of pyridine rings is 1. The second kappa shape index (κ2) is 8.67. The molecule has 130 valence electrons. The fourth-order valence-electron chi connectivity index (χ4n) is 2.86. The Balaban J connectivity index is 1.49. The third kappa shape index (κ3) is 5.33. The average Bonchev–Trinajstić information content (AvgIpc) is 2.64. The monoisotopic (exact) mass is 355 g/mol. The molecule has 0 radical (unpaired) electrons. The summed E-state index contributed by atoms with van der Waals surface area (Å²) >= 11 is 5.83. The number of carbonyl (C=O) groups excluding carboxylic acids is 1. The molecule has 2 aromatic rings. The van der Waals surface area contributed by atoms with E-state index < -0.39 is 0 Å². The third-order valence-corrected chi connectivity index (χ3v) is 4.52. The van der Waals surface area contributed by atoms with Gasteiger partial charge in [0.15, 0.2) is 0 Å². The summed E-state index contributed by atoms with van der Waals surface area (Å²) in [6.07, 6.45) is 10.2. The van der Waals surface area contributed by atoms with Crippen molar-refractivity contribution in [3.8, 4) is 0 Å². The molecule has 1 aliphatic rings. The highest BCUT2D eigenvalue weighted by Gasteiger charge is 2.07. The highest BCUT2D eigenvalue weighted by atomic mass is 35.5. The Labute approximate surface area is 153 Å². The topological polar surface area (TPSA) is 54.0 Å². The zero-order chi connectivity index (χ0) is 17.5. The molecule has 0 spiro atoms. The van der Waals surface area contributed by atoms with Gasteiger partial charge in [-0.05, 0) is 68.5 Å². The van der Waals surface area contributed by atoms with Crippen LogP contribution in [0.4, 0.5) is 11.5 Å². The number of benzene rings is 1. The summed E-state index contributed by atoms with van der Waals surface area (Å²) in [5, 5.41) is 6.77. The predicted octanol–water partition coefficient (Wildman–Crippen LogP) is 5.29. The number of anilines is 2. The number of allylic oxidation sites excluding steroid dienone is 1. The highest BCUT2D eigenvalue weighted by Crippen LogP contribution is 2.20. The van der Waals surface area contributed by atoms with Crippen molar-refractivity contribution >= 4 is 29.0 Å². The first-order valence-corrected chi connectivity index (χ1v) is 9.03. The van der Waals surface area contributed by atoms with E-state index in [4.69, 9.17) is 11.6 Å². The van der Waals surface area contributed by atoms with Gasteiger partial charge in [-0.1, -0.05) is 23.3 Å². The van der Waals surface area contributed by atoms with E-state index in [1.54, 1.807) is 36.0 Å². The molecule has 0 aliphatic heterocycles. The molecule has 25 heavy (non-hydrogen) atoms. The summed E-state index contributed by atoms with van der Waals surface area (Å²) in [4.78, 5) is 16.5. The Kier molecular flexibility index (Phi) is 6.07. The first kappa shape index (κ1) is 17.5. The van der Waals surface area contributed by atoms with Crippen LogP contribution in [0.3, 0.4) is 0 Å². The molecule has 4 nitrogen and oxygen atoms in total. The van der Waals surface area contributed by atoms with Gasteiger partial charge in [0.05, 0.1) is 11.9 Å². The van der Waals surface area contributed by atoms with Gasteiger partial charge in [-0.15, -0.1) is 0 Å². The largest absolute Gasteiger partial charge is 0.370 e. The maximum Gasteiger partial charge on any atom is 0.255 e. The number of nitrogens with one attached hydrogen (secondary N) is 2. The fraction of sp³-hybridized carbons (Fsp3) is 0.300. The molecule has 0 bridgehead atoms. The zero-order valence-electron chi connectivity index (χ0n) is 14.1. The zero-order valence-corrected chi connectivity index (χ0v) is 14.9. The van der Waals surface area contributed by atoms with Crippen molar-refractivity contribution in [2.75, 3.05) is 17.2 Å². The third-order valence-electron chi connectivity index (χ3n) is 4.27. The van der Waals surface area contributed by atoms with Crippen LogP contribution in [-0.4, -0.2) is 17.4 Å². The van der Waals surface area contributed by atoms with Gasteiger partial charge < -0.3 is 10.6 Å². The number of nitrogens with zero attached hydrogens (tertiary/aromatic N) is 1. The van der Waals surface area contributed by atoms with Crippen LogP contribution in [0, 0.1) is 0 Å². The SMILES string of the molecule is O=C(Nc1ccc(NCCC2=CCCCC2)nc1)c1ccc(Cl)cc1. The number of halogens is 1. The number of amides is 1. The number of aromatic nitrogens is 1. The Morgan fingerprint density at radius 3 is 2.64 bits per heavy atom. The van der Waals surface area contributed by atoms with E-state index in [1.165, 1.54) is 25.7 Å². The molecule has 0 atom stereocenters. The number of hydrogen-bond acceptors (Lipinski definition) is 3. The molecule has 5 heteroatoms. The lowest BCUT2D eigenvalue weighted by molar-refractivity contribution is 0.102. The van der Waals surface area contributed by atoms with E-state index in [1.807, 2.05) is 12.1 Å². The van der Waals surface area contributed by atoms with E-state index in [2.05, 4.69) is 21.7 Å². The van der Waals surface area contributed by atoms with E-state index >= 15 is 0 Å². The second-order valence-corrected chi connectivity index (χ2v) is 6.61. The molecular weight excluding hydrogens is 334 g/mol. The highest BCUT2D eigenvalue weighted by molar-refractivity contribution is 6.30. The van der Waals surface area contributed by atoms with Gasteiger partial charge in [0.1, 0.15) is 5.82 Å². The molecule has 2 N–H and O–H groups in total. The van der Waals surface area contributed by atoms with Crippen LogP contribution in [-0.2, 0) is 0 Å². The maximum absolute atomic E-state index is 12.2. The molecule has 1 aromatic carbocycles. The van der Waals surface area contributed by atoms with Crippen molar-refractivity contribution < 1.29 is 4.79 Å². The van der Waals surface area contributed by atoms with E-state index in [0.717, 1.165) is 18.8 Å². The Morgan fingerprint density at radius 1 is 1.12 bits per heavy atom. The first-order chi connectivity index (χ1) is 12.2. The summed E-state index contributed by atoms with van der Waals surface area (Å²) in [6, 6.07) is 10.5. The Hall–Kier alpha value is -2.33. The van der Waals surface area contributed by atoms with Crippen molar-refractivity contribution in [1.82, 2.24) is 4.98 Å². The summed E-state index contributed by atoms with van der Waals surface area (Å²) < 4.78 is 0. The van der Waals surface area contributed by atoms with Crippen LogP contribution in [0.5, 0.6) is 0 Å². The van der Waals surface area contributed by atoms with Crippen molar-refractivity contribution in [2.45, 2.75) is 32.1 Å². The second-order valence-electron chi connectivity index (χ2n) is 6.18. The van der Waals surface area contributed by atoms with Gasteiger partial charge in [-0.2, -0.15) is 0 Å². The van der Waals surface area contributed by atoms with Crippen LogP contribution in [0.1, 0.15) is 42.5 Å². The lowest BCUT2D eigenvalue weighted by Gasteiger charge is -2.13. The minimum absolute atomic E-state index is 0.177. The van der Waals surface area contributed by atoms with E-state index in [-0.39, 0.29) is 5.91 Å². The van der Waals surface area contributed by atoms with Crippen LogP contribution in [0.15, 0.2) is 54.2 Å². The normalized spacial score (nSPS) is 13.9. The molecule has 1 aromatic heterocycles. The van der Waals surface area contributed by atoms with E-state index in [0.29, 0.717) is 16.3 Å². The number of hydrogen-bond donors (Lipinski definition) is 2. The lowest BCUT2D eigenvalue weighted by atomic mass is 9.97. The fourth-order valence-corrected chi connectivity index (χ4v) is 2.99. The summed E-state index contributed by atoms with van der Waals surface area (Å²) in [5.41, 5.74) is 2.78. The summed E-state index contributed by atoms with van der Waals surface area (Å²) in [6.45, 7) is 0.884. The molecule has 1 heterocycles. The van der Waals surface area contributed by atoms with Crippen LogP contribution in [0.25, 0.3) is 0 Å². The van der Waals surface area contributed by atoms with Crippen molar-refractivity contribution in [3.05, 3.63) is 64.8 Å². The quantitative estimate of drug-likeness (QED) is 0.692. The smallest absolute Gasteiger partial charge is 0.255 e. The maximum atomic E-state index is 12.2. The van der Waals surface area contributed by atoms with Gasteiger partial charge in [-0.25, -0.2) is 4.98 Å². The molecule has 0 saturated carbocycles. The van der Waals surface area contributed by atoms with Crippen molar-refractivity contribution in [2.24, 2.45) is 0 Å². The molecule has 0 unspecified atom stereocenters. The first-order valence-electron chi connectivity index (χ1n) is 8.65. The predicted molar refractivity (Wildman–Crippen MR) is 103 cm³/mol. The van der Waals surface area contributed by atoms with E-state index in [9.17, 15) is 4.79 Å². The van der Waals surface area contributed by atoms with Gasteiger partial charge in [-0.3, -0.25) is 4.79 Å². The Morgan fingerprint density at radius 2 is 1.96 bits per heavy atom. The van der Waals surface area contributed by atoms with Crippen molar-refractivity contribution in [3.63, 3.8) is 0 Å². The minimum Gasteiger partial charge on any atom is -0.370 e. The van der Waals surface area contributed by atoms with Crippen LogP contribution < -0.4 is 10.6 Å². The molecule has 1 amide bonds. The van der Waals surface area contributed by atoms with Gasteiger partial charge >= 0.3 is 0 Å². The van der Waals surface area contributed by atoms with Gasteiger partial charge in [0.25, 0.3) is 5.91 Å². The molecule has 0 fully saturated rings. The Bertz CT molecular complexity index is 739. The van der Waals surface area contributed by atoms with Crippen molar-refractivity contribution in [1.29, 1.82) is 0 Å². The standard InChI is InChI=1S/C20H22ClN3O/c21-17-8-6-16(7-9-17)20(25)24-18-10-11-19(23-14-18)22-13-12-15-4-2-1-3-5-15/h4,6-11,14H,1-3,5,12-13H2,(H,22,23)(H,24,25). The molecular formula is C20H22ClN3O. The lowest BCUT2D eigenvalue weighted by Crippen LogP contribution is -2.12. The molecule has 0 saturated heterocycles. The summed E-state index contributed by atoms with van der Waals surface area (Å²) in [5.74, 6) is 0.643. The van der Waals surface area contributed by atoms with Gasteiger partial charge in [0, 0.05) is 17.1 Å². The average molecular weight is 356 g/mol. The number of rotatable bonds is 6. The van der Waals surface area contributed by atoms with Crippen LogP contribution in [0.2, 0.25) is 5.02 Å². The minimum atomic E-state index is -0.177. The summed E-state index contributed by atoms with van der Waals surface area (Å²) in [7, 11) is 0. The molecule has 1 aliphatic carbocycles. The molecule has 3 rings (SSSR count). The van der Waals surface area contributed by atoms with Gasteiger partial charge in [0.2, 0.25) is 0 Å².